The minimum Gasteiger partial charge on any atom is -0.505 e. The smallest absolute Gasteiger partial charge is 0.164 e. The molecule has 4 rings (SSSR count). The number of benzene rings is 3. The van der Waals surface area contributed by atoms with E-state index in [-0.39, 0.29) is 5.82 Å². The first-order chi connectivity index (χ1) is 13.6. The summed E-state index contributed by atoms with van der Waals surface area (Å²) in [6.07, 6.45) is 0. The molecule has 0 fully saturated rings. The molecule has 28 heavy (non-hydrogen) atoms. The molecule has 0 saturated heterocycles. The quantitative estimate of drug-likeness (QED) is 0.490. The molecule has 0 atom stereocenters. The molecular weight excluding hydrogens is 360 g/mol. The van der Waals surface area contributed by atoms with E-state index in [0.717, 1.165) is 16.8 Å². The SMILES string of the molecule is Oc1cc(N(Cc2ccc(F)cc2)c2cc(-c3ccccc3)[nH]n2)ccc1F. The molecule has 0 aliphatic heterocycles. The third-order valence-electron chi connectivity index (χ3n) is 4.42. The van der Waals surface area contributed by atoms with Gasteiger partial charge in [-0.2, -0.15) is 5.10 Å². The summed E-state index contributed by atoms with van der Waals surface area (Å²) in [5.74, 6) is -0.868. The lowest BCUT2D eigenvalue weighted by Crippen LogP contribution is -2.17. The maximum absolute atomic E-state index is 13.5. The van der Waals surface area contributed by atoms with Gasteiger partial charge in [0.1, 0.15) is 5.82 Å². The lowest BCUT2D eigenvalue weighted by atomic mass is 10.1. The molecule has 140 valence electrons. The second-order valence-corrected chi connectivity index (χ2v) is 6.35. The number of nitrogens with zero attached hydrogens (tertiary/aromatic N) is 2. The molecule has 0 saturated carbocycles. The molecule has 2 N–H and O–H groups in total. The van der Waals surface area contributed by atoms with Crippen molar-refractivity contribution in [1.29, 1.82) is 0 Å². The van der Waals surface area contributed by atoms with Gasteiger partial charge in [-0.05, 0) is 35.4 Å². The number of phenols is 1. The highest BCUT2D eigenvalue weighted by Gasteiger charge is 2.16. The molecule has 1 heterocycles. The van der Waals surface area contributed by atoms with E-state index in [1.165, 1.54) is 24.3 Å². The number of anilines is 2. The van der Waals surface area contributed by atoms with Crippen LogP contribution in [0.5, 0.6) is 5.75 Å². The van der Waals surface area contributed by atoms with E-state index < -0.39 is 11.6 Å². The Bertz CT molecular complexity index is 1080. The molecule has 0 spiro atoms. The molecule has 0 amide bonds. The molecule has 1 aromatic heterocycles. The van der Waals surface area contributed by atoms with Gasteiger partial charge in [-0.3, -0.25) is 5.10 Å². The van der Waals surface area contributed by atoms with E-state index in [1.807, 2.05) is 41.3 Å². The van der Waals surface area contributed by atoms with Crippen LogP contribution in [-0.2, 0) is 6.54 Å². The fourth-order valence-electron chi connectivity index (χ4n) is 2.96. The van der Waals surface area contributed by atoms with Crippen LogP contribution >= 0.6 is 0 Å². The first-order valence-electron chi connectivity index (χ1n) is 8.71. The van der Waals surface area contributed by atoms with Gasteiger partial charge >= 0.3 is 0 Å². The number of aromatic hydroxyl groups is 1. The number of aromatic amines is 1. The van der Waals surface area contributed by atoms with Gasteiger partial charge in [-0.25, -0.2) is 8.78 Å². The van der Waals surface area contributed by atoms with Crippen LogP contribution in [0.1, 0.15) is 5.56 Å². The highest BCUT2D eigenvalue weighted by atomic mass is 19.1. The van der Waals surface area contributed by atoms with Crippen molar-refractivity contribution >= 4 is 11.5 Å². The van der Waals surface area contributed by atoms with Crippen LogP contribution in [0, 0.1) is 11.6 Å². The summed E-state index contributed by atoms with van der Waals surface area (Å²) >= 11 is 0. The Morgan fingerprint density at radius 2 is 1.64 bits per heavy atom. The number of phenolic OH excluding ortho intramolecular Hbond substituents is 1. The summed E-state index contributed by atoms with van der Waals surface area (Å²) in [6, 6.07) is 21.8. The van der Waals surface area contributed by atoms with Crippen LogP contribution in [-0.4, -0.2) is 15.3 Å². The zero-order valence-electron chi connectivity index (χ0n) is 14.8. The topological polar surface area (TPSA) is 52.1 Å². The van der Waals surface area contributed by atoms with E-state index in [9.17, 15) is 13.9 Å². The number of rotatable bonds is 5. The van der Waals surface area contributed by atoms with Crippen LogP contribution in [0.2, 0.25) is 0 Å². The van der Waals surface area contributed by atoms with Crippen molar-refractivity contribution in [3.63, 3.8) is 0 Å². The molecule has 4 aromatic rings. The highest BCUT2D eigenvalue weighted by Crippen LogP contribution is 2.32. The predicted molar refractivity (Wildman–Crippen MR) is 104 cm³/mol. The van der Waals surface area contributed by atoms with E-state index in [1.54, 1.807) is 18.2 Å². The Labute approximate surface area is 160 Å². The lowest BCUT2D eigenvalue weighted by Gasteiger charge is -2.22. The van der Waals surface area contributed by atoms with Crippen LogP contribution in [0.4, 0.5) is 20.3 Å². The normalized spacial score (nSPS) is 10.8. The summed E-state index contributed by atoms with van der Waals surface area (Å²) in [4.78, 5) is 1.81. The van der Waals surface area contributed by atoms with Crippen LogP contribution < -0.4 is 4.90 Å². The number of aromatic nitrogens is 2. The molecule has 0 radical (unpaired) electrons. The Morgan fingerprint density at radius 1 is 0.893 bits per heavy atom. The second-order valence-electron chi connectivity index (χ2n) is 6.35. The van der Waals surface area contributed by atoms with Gasteiger partial charge in [0, 0.05) is 24.4 Å². The maximum atomic E-state index is 13.5. The summed E-state index contributed by atoms with van der Waals surface area (Å²) in [6.45, 7) is 0.366. The van der Waals surface area contributed by atoms with Gasteiger partial charge < -0.3 is 10.0 Å². The number of hydrogen-bond donors (Lipinski definition) is 2. The van der Waals surface area contributed by atoms with Crippen LogP contribution in [0.3, 0.4) is 0 Å². The average molecular weight is 377 g/mol. The maximum Gasteiger partial charge on any atom is 0.164 e. The van der Waals surface area contributed by atoms with Crippen molar-refractivity contribution in [3.05, 3.63) is 96.1 Å². The van der Waals surface area contributed by atoms with E-state index >= 15 is 0 Å². The highest BCUT2D eigenvalue weighted by molar-refractivity contribution is 5.68. The number of halogens is 2. The largest absolute Gasteiger partial charge is 0.505 e. The molecule has 0 bridgehead atoms. The summed E-state index contributed by atoms with van der Waals surface area (Å²) < 4.78 is 26.8. The van der Waals surface area contributed by atoms with Crippen molar-refractivity contribution in [2.75, 3.05) is 4.90 Å². The van der Waals surface area contributed by atoms with Gasteiger partial charge in [0.25, 0.3) is 0 Å². The Hall–Kier alpha value is -3.67. The summed E-state index contributed by atoms with van der Waals surface area (Å²) in [7, 11) is 0. The van der Waals surface area contributed by atoms with E-state index in [2.05, 4.69) is 10.2 Å². The molecule has 0 aliphatic carbocycles. The van der Waals surface area contributed by atoms with E-state index in [0.29, 0.717) is 18.1 Å². The average Bonchev–Trinajstić information content (AvgIpc) is 3.20. The number of hydrogen-bond acceptors (Lipinski definition) is 3. The van der Waals surface area contributed by atoms with Crippen molar-refractivity contribution in [2.45, 2.75) is 6.54 Å². The Kier molecular flexibility index (Phi) is 4.76. The fourth-order valence-corrected chi connectivity index (χ4v) is 2.96. The van der Waals surface area contributed by atoms with Gasteiger partial charge in [0.05, 0.1) is 5.69 Å². The number of H-pyrrole nitrogens is 1. The first kappa shape index (κ1) is 17.7. The Balaban J connectivity index is 1.73. The second kappa shape index (κ2) is 7.52. The minimum absolute atomic E-state index is 0.319. The zero-order valence-corrected chi connectivity index (χ0v) is 14.8. The van der Waals surface area contributed by atoms with Crippen LogP contribution in [0.25, 0.3) is 11.3 Å². The van der Waals surface area contributed by atoms with Crippen molar-refractivity contribution in [2.24, 2.45) is 0 Å². The zero-order chi connectivity index (χ0) is 19.5. The standard InChI is InChI=1S/C22H17F2N3O/c23-17-8-6-15(7-9-17)14-27(18-10-11-19(24)21(28)12-18)22-13-20(25-26-22)16-4-2-1-3-5-16/h1-13,28H,14H2,(H,25,26). The van der Waals surface area contributed by atoms with E-state index in [4.69, 9.17) is 0 Å². The lowest BCUT2D eigenvalue weighted by molar-refractivity contribution is 0.432. The molecule has 0 aliphatic rings. The summed E-state index contributed by atoms with van der Waals surface area (Å²) in [5, 5.41) is 17.2. The molecule has 6 heteroatoms. The van der Waals surface area contributed by atoms with Crippen molar-refractivity contribution in [1.82, 2.24) is 10.2 Å². The molecule has 4 nitrogen and oxygen atoms in total. The molecule has 0 unspecified atom stereocenters. The van der Waals surface area contributed by atoms with Crippen LogP contribution in [0.15, 0.2) is 78.9 Å². The summed E-state index contributed by atoms with van der Waals surface area (Å²) in [5.41, 5.74) is 3.21. The fraction of sp³-hybridized carbons (Fsp3) is 0.0455. The van der Waals surface area contributed by atoms with Gasteiger partial charge in [0.2, 0.25) is 0 Å². The van der Waals surface area contributed by atoms with Crippen molar-refractivity contribution in [3.8, 4) is 17.0 Å². The monoisotopic (exact) mass is 377 g/mol. The first-order valence-corrected chi connectivity index (χ1v) is 8.71. The van der Waals surface area contributed by atoms with Crippen molar-refractivity contribution < 1.29 is 13.9 Å². The van der Waals surface area contributed by atoms with Gasteiger partial charge in [-0.15, -0.1) is 0 Å². The van der Waals surface area contributed by atoms with Gasteiger partial charge in [0.15, 0.2) is 17.4 Å². The predicted octanol–water partition coefficient (Wildman–Crippen LogP) is 5.40. The molecular formula is C22H17F2N3O. The minimum atomic E-state index is -0.697. The number of nitrogens with one attached hydrogen (secondary N) is 1. The van der Waals surface area contributed by atoms with Gasteiger partial charge in [-0.1, -0.05) is 42.5 Å². The third-order valence-corrected chi connectivity index (χ3v) is 4.42. The molecule has 3 aromatic carbocycles. The third kappa shape index (κ3) is 3.71. The Morgan fingerprint density at radius 3 is 2.36 bits per heavy atom.